The van der Waals surface area contributed by atoms with Gasteiger partial charge in [0.15, 0.2) is 0 Å². The van der Waals surface area contributed by atoms with Gasteiger partial charge in [0.2, 0.25) is 0 Å². The molecule has 0 radical (unpaired) electrons. The summed E-state index contributed by atoms with van der Waals surface area (Å²) in [6.07, 6.45) is 0. The van der Waals surface area contributed by atoms with Gasteiger partial charge in [0.25, 0.3) is 0 Å². The number of carboxylic acids is 1. The number of rotatable bonds is 5. The van der Waals surface area contributed by atoms with Crippen LogP contribution in [0.15, 0.2) is 60.7 Å². The highest BCUT2D eigenvalue weighted by molar-refractivity contribution is 5.73. The van der Waals surface area contributed by atoms with Crippen LogP contribution in [0.25, 0.3) is 0 Å². The SMILES string of the molecule is C[C@@H](NC(c1ccccc1)c1ccccc1)C(=O)O. The molecule has 0 spiro atoms. The third-order valence-corrected chi connectivity index (χ3v) is 3.05. The lowest BCUT2D eigenvalue weighted by atomic mass is 9.98. The van der Waals surface area contributed by atoms with E-state index in [0.717, 1.165) is 11.1 Å². The Morgan fingerprint density at radius 3 is 1.74 bits per heavy atom. The van der Waals surface area contributed by atoms with Crippen molar-refractivity contribution in [3.8, 4) is 0 Å². The lowest BCUT2D eigenvalue weighted by molar-refractivity contribution is -0.139. The van der Waals surface area contributed by atoms with Crippen LogP contribution in [0.2, 0.25) is 0 Å². The molecule has 98 valence electrons. The van der Waals surface area contributed by atoms with Crippen LogP contribution in [-0.2, 0) is 4.79 Å². The summed E-state index contributed by atoms with van der Waals surface area (Å²) in [4.78, 5) is 11.0. The summed E-state index contributed by atoms with van der Waals surface area (Å²) in [5.74, 6) is -0.850. The Kier molecular flexibility index (Phi) is 4.31. The van der Waals surface area contributed by atoms with Crippen LogP contribution in [0.4, 0.5) is 0 Å². The van der Waals surface area contributed by atoms with E-state index in [1.165, 1.54) is 0 Å². The first kappa shape index (κ1) is 13.3. The summed E-state index contributed by atoms with van der Waals surface area (Å²) in [6, 6.07) is 19.0. The summed E-state index contributed by atoms with van der Waals surface area (Å²) in [5, 5.41) is 12.2. The fraction of sp³-hybridized carbons (Fsp3) is 0.188. The first-order valence-corrected chi connectivity index (χ1v) is 6.27. The van der Waals surface area contributed by atoms with E-state index in [1.54, 1.807) is 6.92 Å². The quantitative estimate of drug-likeness (QED) is 0.863. The molecule has 0 aromatic heterocycles. The predicted molar refractivity (Wildman–Crippen MR) is 75.0 cm³/mol. The standard InChI is InChI=1S/C16H17NO2/c1-12(16(18)19)17-15(13-8-4-2-5-9-13)14-10-6-3-7-11-14/h2-12,15,17H,1H3,(H,18,19)/t12-/m1/s1. The summed E-state index contributed by atoms with van der Waals surface area (Å²) < 4.78 is 0. The van der Waals surface area contributed by atoms with Gasteiger partial charge >= 0.3 is 5.97 Å². The van der Waals surface area contributed by atoms with E-state index >= 15 is 0 Å². The van der Waals surface area contributed by atoms with Crippen molar-refractivity contribution in [2.45, 2.75) is 19.0 Å². The smallest absolute Gasteiger partial charge is 0.320 e. The third kappa shape index (κ3) is 3.42. The minimum Gasteiger partial charge on any atom is -0.480 e. The highest BCUT2D eigenvalue weighted by Gasteiger charge is 2.19. The molecule has 3 nitrogen and oxygen atoms in total. The summed E-state index contributed by atoms with van der Waals surface area (Å²) in [7, 11) is 0. The monoisotopic (exact) mass is 255 g/mol. The summed E-state index contributed by atoms with van der Waals surface area (Å²) in [5.41, 5.74) is 2.11. The van der Waals surface area contributed by atoms with Crippen molar-refractivity contribution in [3.63, 3.8) is 0 Å². The van der Waals surface area contributed by atoms with Crippen molar-refractivity contribution < 1.29 is 9.90 Å². The Hall–Kier alpha value is -2.13. The third-order valence-electron chi connectivity index (χ3n) is 3.05. The van der Waals surface area contributed by atoms with Crippen molar-refractivity contribution >= 4 is 5.97 Å². The zero-order valence-electron chi connectivity index (χ0n) is 10.8. The van der Waals surface area contributed by atoms with E-state index in [9.17, 15) is 4.79 Å². The number of carbonyl (C=O) groups is 1. The maximum atomic E-state index is 11.0. The normalized spacial score (nSPS) is 12.3. The fourth-order valence-electron chi connectivity index (χ4n) is 2.00. The second-order valence-corrected chi connectivity index (χ2v) is 4.48. The molecular formula is C16H17NO2. The molecule has 0 aliphatic rings. The van der Waals surface area contributed by atoms with Crippen LogP contribution >= 0.6 is 0 Å². The van der Waals surface area contributed by atoms with E-state index in [0.29, 0.717) is 0 Å². The van der Waals surface area contributed by atoms with Crippen LogP contribution < -0.4 is 5.32 Å². The number of hydrogen-bond donors (Lipinski definition) is 2. The molecule has 0 amide bonds. The van der Waals surface area contributed by atoms with Gasteiger partial charge in [-0.05, 0) is 18.1 Å². The predicted octanol–water partition coefficient (Wildman–Crippen LogP) is 2.84. The Bertz CT molecular complexity index is 485. The van der Waals surface area contributed by atoms with Crippen molar-refractivity contribution in [2.75, 3.05) is 0 Å². The van der Waals surface area contributed by atoms with Crippen molar-refractivity contribution in [1.82, 2.24) is 5.32 Å². The van der Waals surface area contributed by atoms with Gasteiger partial charge in [-0.3, -0.25) is 10.1 Å². The van der Waals surface area contributed by atoms with Gasteiger partial charge < -0.3 is 5.11 Å². The molecule has 0 aliphatic heterocycles. The van der Waals surface area contributed by atoms with E-state index < -0.39 is 12.0 Å². The molecule has 19 heavy (non-hydrogen) atoms. The second kappa shape index (κ2) is 6.16. The van der Waals surface area contributed by atoms with Gasteiger partial charge in [-0.2, -0.15) is 0 Å². The maximum absolute atomic E-state index is 11.0. The molecule has 0 saturated carbocycles. The maximum Gasteiger partial charge on any atom is 0.320 e. The number of nitrogens with one attached hydrogen (secondary N) is 1. The average Bonchev–Trinajstić information content (AvgIpc) is 2.46. The van der Waals surface area contributed by atoms with Gasteiger partial charge in [-0.25, -0.2) is 0 Å². The molecule has 0 heterocycles. The first-order chi connectivity index (χ1) is 9.18. The second-order valence-electron chi connectivity index (χ2n) is 4.48. The minimum absolute atomic E-state index is 0.117. The highest BCUT2D eigenvalue weighted by Crippen LogP contribution is 2.22. The molecule has 2 aromatic carbocycles. The number of carboxylic acid groups (broad SMARTS) is 1. The highest BCUT2D eigenvalue weighted by atomic mass is 16.4. The van der Waals surface area contributed by atoms with Gasteiger partial charge in [-0.15, -0.1) is 0 Å². The van der Waals surface area contributed by atoms with Gasteiger partial charge in [0.05, 0.1) is 6.04 Å². The minimum atomic E-state index is -0.850. The zero-order chi connectivity index (χ0) is 13.7. The van der Waals surface area contributed by atoms with Crippen molar-refractivity contribution in [2.24, 2.45) is 0 Å². The van der Waals surface area contributed by atoms with Gasteiger partial charge in [0, 0.05) is 0 Å². The zero-order valence-corrected chi connectivity index (χ0v) is 10.8. The molecule has 1 atom stereocenters. The molecule has 2 aromatic rings. The number of hydrogen-bond acceptors (Lipinski definition) is 2. The lowest BCUT2D eigenvalue weighted by Crippen LogP contribution is -2.37. The molecule has 0 saturated heterocycles. The van der Waals surface area contributed by atoms with Crippen LogP contribution in [-0.4, -0.2) is 17.1 Å². The molecule has 2 rings (SSSR count). The van der Waals surface area contributed by atoms with E-state index in [1.807, 2.05) is 60.7 Å². The Labute approximate surface area is 112 Å². The molecule has 0 aliphatic carbocycles. The largest absolute Gasteiger partial charge is 0.480 e. The Balaban J connectivity index is 2.32. The molecule has 0 bridgehead atoms. The number of benzene rings is 2. The lowest BCUT2D eigenvalue weighted by Gasteiger charge is -2.22. The van der Waals surface area contributed by atoms with Crippen LogP contribution in [0.3, 0.4) is 0 Å². The average molecular weight is 255 g/mol. The van der Waals surface area contributed by atoms with Crippen molar-refractivity contribution in [1.29, 1.82) is 0 Å². The first-order valence-electron chi connectivity index (χ1n) is 6.27. The van der Waals surface area contributed by atoms with E-state index in [2.05, 4.69) is 5.32 Å². The van der Waals surface area contributed by atoms with E-state index in [-0.39, 0.29) is 6.04 Å². The molecule has 2 N–H and O–H groups in total. The molecular weight excluding hydrogens is 238 g/mol. The molecule has 0 fully saturated rings. The fourth-order valence-corrected chi connectivity index (χ4v) is 2.00. The van der Waals surface area contributed by atoms with Crippen molar-refractivity contribution in [3.05, 3.63) is 71.8 Å². The van der Waals surface area contributed by atoms with Crippen LogP contribution in [0.5, 0.6) is 0 Å². The van der Waals surface area contributed by atoms with Gasteiger partial charge in [0.1, 0.15) is 6.04 Å². The Morgan fingerprint density at radius 2 is 1.37 bits per heavy atom. The summed E-state index contributed by atoms with van der Waals surface area (Å²) in [6.45, 7) is 1.65. The molecule has 3 heteroatoms. The van der Waals surface area contributed by atoms with Gasteiger partial charge in [-0.1, -0.05) is 60.7 Å². The van der Waals surface area contributed by atoms with Crippen LogP contribution in [0, 0.1) is 0 Å². The Morgan fingerprint density at radius 1 is 0.947 bits per heavy atom. The topological polar surface area (TPSA) is 49.3 Å². The molecule has 0 unspecified atom stereocenters. The van der Waals surface area contributed by atoms with E-state index in [4.69, 9.17) is 5.11 Å². The number of aliphatic carboxylic acids is 1. The van der Waals surface area contributed by atoms with Crippen LogP contribution in [0.1, 0.15) is 24.1 Å². The summed E-state index contributed by atoms with van der Waals surface area (Å²) >= 11 is 0.